The highest BCUT2D eigenvalue weighted by atomic mass is 16.5. The first-order valence-corrected chi connectivity index (χ1v) is 8.52. The van der Waals surface area contributed by atoms with Crippen molar-refractivity contribution >= 4 is 11.9 Å². The summed E-state index contributed by atoms with van der Waals surface area (Å²) in [5.41, 5.74) is 4.13. The van der Waals surface area contributed by atoms with Gasteiger partial charge < -0.3 is 14.8 Å². The van der Waals surface area contributed by atoms with Crippen LogP contribution in [0.4, 0.5) is 0 Å². The number of methoxy groups -OCH3 is 1. The van der Waals surface area contributed by atoms with Gasteiger partial charge in [0.05, 0.1) is 12.7 Å². The number of hydrogen-bond acceptors (Lipinski definition) is 4. The van der Waals surface area contributed by atoms with Gasteiger partial charge in [0.15, 0.2) is 6.10 Å². The van der Waals surface area contributed by atoms with Crippen molar-refractivity contribution in [1.29, 1.82) is 0 Å². The van der Waals surface area contributed by atoms with Crippen LogP contribution >= 0.6 is 0 Å². The average Bonchev–Trinajstić information content (AvgIpc) is 2.58. The molecule has 5 heteroatoms. The predicted octanol–water partition coefficient (Wildman–Crippen LogP) is 3.48. The monoisotopic (exact) mass is 355 g/mol. The number of carbonyl (C=O) groups excluding carboxylic acids is 2. The van der Waals surface area contributed by atoms with Crippen LogP contribution in [0.2, 0.25) is 0 Å². The number of para-hydroxylation sites is 1. The molecule has 5 nitrogen and oxygen atoms in total. The third kappa shape index (κ3) is 4.63. The molecule has 2 rings (SSSR count). The Morgan fingerprint density at radius 3 is 2.31 bits per heavy atom. The van der Waals surface area contributed by atoms with Gasteiger partial charge in [-0.15, -0.1) is 0 Å². The van der Waals surface area contributed by atoms with E-state index in [0.29, 0.717) is 17.9 Å². The third-order valence-corrected chi connectivity index (χ3v) is 4.18. The van der Waals surface area contributed by atoms with Crippen LogP contribution in [0.1, 0.15) is 39.5 Å². The van der Waals surface area contributed by atoms with Gasteiger partial charge in [-0.25, -0.2) is 4.79 Å². The normalized spacial score (nSPS) is 11.6. The van der Waals surface area contributed by atoms with Gasteiger partial charge in [-0.2, -0.15) is 0 Å². The minimum atomic E-state index is -0.891. The molecule has 0 saturated heterocycles. The van der Waals surface area contributed by atoms with Crippen molar-refractivity contribution in [3.63, 3.8) is 0 Å². The number of rotatable bonds is 6. The van der Waals surface area contributed by atoms with Crippen LogP contribution in [-0.4, -0.2) is 25.1 Å². The maximum atomic E-state index is 12.5. The molecule has 0 radical (unpaired) electrons. The van der Waals surface area contributed by atoms with E-state index in [9.17, 15) is 9.59 Å². The van der Waals surface area contributed by atoms with Crippen LogP contribution in [0.25, 0.3) is 0 Å². The predicted molar refractivity (Wildman–Crippen MR) is 100 cm³/mol. The lowest BCUT2D eigenvalue weighted by Gasteiger charge is -2.16. The van der Waals surface area contributed by atoms with E-state index in [0.717, 1.165) is 22.3 Å². The summed E-state index contributed by atoms with van der Waals surface area (Å²) in [6, 6.07) is 11.3. The van der Waals surface area contributed by atoms with Crippen LogP contribution in [0.5, 0.6) is 5.75 Å². The van der Waals surface area contributed by atoms with E-state index in [1.807, 2.05) is 57.2 Å². The summed E-state index contributed by atoms with van der Waals surface area (Å²) >= 11 is 0. The lowest BCUT2D eigenvalue weighted by molar-refractivity contribution is -0.129. The summed E-state index contributed by atoms with van der Waals surface area (Å²) < 4.78 is 10.6. The Balaban J connectivity index is 2.00. The summed E-state index contributed by atoms with van der Waals surface area (Å²) in [7, 11) is 1.58. The Morgan fingerprint density at radius 2 is 1.69 bits per heavy atom. The van der Waals surface area contributed by atoms with Crippen molar-refractivity contribution < 1.29 is 19.1 Å². The van der Waals surface area contributed by atoms with Crippen molar-refractivity contribution in [2.75, 3.05) is 7.11 Å². The molecular weight excluding hydrogens is 330 g/mol. The van der Waals surface area contributed by atoms with Crippen LogP contribution < -0.4 is 10.1 Å². The van der Waals surface area contributed by atoms with E-state index in [4.69, 9.17) is 9.47 Å². The van der Waals surface area contributed by atoms with Gasteiger partial charge in [-0.3, -0.25) is 4.79 Å². The molecule has 0 heterocycles. The molecular formula is C21H25NO4. The van der Waals surface area contributed by atoms with Gasteiger partial charge in [0.25, 0.3) is 5.91 Å². The minimum absolute atomic E-state index is 0.299. The molecule has 1 amide bonds. The second-order valence-electron chi connectivity index (χ2n) is 6.35. The Kier molecular flexibility index (Phi) is 6.39. The Morgan fingerprint density at radius 1 is 1.08 bits per heavy atom. The smallest absolute Gasteiger partial charge is 0.339 e. The standard InChI is InChI=1S/C21H25NO4/c1-13-10-14(2)19(15(3)11-13)21(24)26-16(4)20(23)22-12-17-8-6-7-9-18(17)25-5/h6-11,16H,12H2,1-5H3,(H,22,23). The molecule has 0 aliphatic carbocycles. The number of amides is 1. The Hall–Kier alpha value is -2.82. The topological polar surface area (TPSA) is 64.6 Å². The van der Waals surface area contributed by atoms with Crippen LogP contribution in [0.3, 0.4) is 0 Å². The van der Waals surface area contributed by atoms with Crippen molar-refractivity contribution in [3.8, 4) is 5.75 Å². The maximum Gasteiger partial charge on any atom is 0.339 e. The highest BCUT2D eigenvalue weighted by Gasteiger charge is 2.21. The fraction of sp³-hybridized carbons (Fsp3) is 0.333. The highest BCUT2D eigenvalue weighted by Crippen LogP contribution is 2.19. The SMILES string of the molecule is COc1ccccc1CNC(=O)C(C)OC(=O)c1c(C)cc(C)cc1C. The number of aryl methyl sites for hydroxylation is 3. The molecule has 0 aliphatic heterocycles. The zero-order valence-corrected chi connectivity index (χ0v) is 15.9. The number of esters is 1. The van der Waals surface area contributed by atoms with Gasteiger partial charge >= 0.3 is 5.97 Å². The first kappa shape index (κ1) is 19.5. The molecule has 0 fully saturated rings. The molecule has 0 aromatic heterocycles. The fourth-order valence-electron chi connectivity index (χ4n) is 2.95. The first-order valence-electron chi connectivity index (χ1n) is 8.52. The zero-order valence-electron chi connectivity index (χ0n) is 15.9. The molecule has 26 heavy (non-hydrogen) atoms. The van der Waals surface area contributed by atoms with E-state index in [1.165, 1.54) is 0 Å². The summed E-state index contributed by atoms with van der Waals surface area (Å²) in [6.45, 7) is 7.57. The molecule has 0 saturated carbocycles. The average molecular weight is 355 g/mol. The van der Waals surface area contributed by atoms with Crippen LogP contribution in [0.15, 0.2) is 36.4 Å². The van der Waals surface area contributed by atoms with E-state index in [1.54, 1.807) is 14.0 Å². The van der Waals surface area contributed by atoms with Gasteiger partial charge in [0.1, 0.15) is 5.75 Å². The molecule has 1 N–H and O–H groups in total. The molecule has 0 aliphatic rings. The molecule has 2 aromatic rings. The lowest BCUT2D eigenvalue weighted by Crippen LogP contribution is -2.35. The van der Waals surface area contributed by atoms with Crippen LogP contribution in [0, 0.1) is 20.8 Å². The van der Waals surface area contributed by atoms with Crippen molar-refractivity contribution in [2.24, 2.45) is 0 Å². The van der Waals surface area contributed by atoms with E-state index < -0.39 is 12.1 Å². The molecule has 0 bridgehead atoms. The van der Waals surface area contributed by atoms with E-state index >= 15 is 0 Å². The second-order valence-corrected chi connectivity index (χ2v) is 6.35. The molecule has 1 atom stereocenters. The fourth-order valence-corrected chi connectivity index (χ4v) is 2.95. The van der Waals surface area contributed by atoms with Gasteiger partial charge in [0.2, 0.25) is 0 Å². The van der Waals surface area contributed by atoms with Crippen LogP contribution in [-0.2, 0) is 16.1 Å². The molecule has 138 valence electrons. The highest BCUT2D eigenvalue weighted by molar-refractivity contribution is 5.94. The molecule has 0 spiro atoms. The number of hydrogen-bond donors (Lipinski definition) is 1. The van der Waals surface area contributed by atoms with Crippen molar-refractivity contribution in [2.45, 2.75) is 40.3 Å². The zero-order chi connectivity index (χ0) is 19.3. The summed E-state index contributed by atoms with van der Waals surface area (Å²) in [6.07, 6.45) is -0.891. The van der Waals surface area contributed by atoms with Gasteiger partial charge in [0, 0.05) is 12.1 Å². The Labute approximate surface area is 154 Å². The van der Waals surface area contributed by atoms with E-state index in [2.05, 4.69) is 5.32 Å². The number of benzene rings is 2. The van der Waals surface area contributed by atoms with Crippen molar-refractivity contribution in [1.82, 2.24) is 5.32 Å². The molecule has 1 unspecified atom stereocenters. The maximum absolute atomic E-state index is 12.5. The number of nitrogens with one attached hydrogen (secondary N) is 1. The summed E-state index contributed by atoms with van der Waals surface area (Å²) in [4.78, 5) is 24.7. The minimum Gasteiger partial charge on any atom is -0.496 e. The number of ether oxygens (including phenoxy) is 2. The second kappa shape index (κ2) is 8.52. The quantitative estimate of drug-likeness (QED) is 0.806. The molecule has 2 aromatic carbocycles. The van der Waals surface area contributed by atoms with Crippen molar-refractivity contribution in [3.05, 3.63) is 64.2 Å². The largest absolute Gasteiger partial charge is 0.496 e. The van der Waals surface area contributed by atoms with E-state index in [-0.39, 0.29) is 5.91 Å². The lowest BCUT2D eigenvalue weighted by atomic mass is 10.00. The van der Waals surface area contributed by atoms with Gasteiger partial charge in [-0.05, 0) is 44.9 Å². The number of carbonyl (C=O) groups is 2. The summed E-state index contributed by atoms with van der Waals surface area (Å²) in [5, 5.41) is 2.77. The first-order chi connectivity index (χ1) is 12.3. The van der Waals surface area contributed by atoms with Gasteiger partial charge in [-0.1, -0.05) is 35.9 Å². The Bertz CT molecular complexity index is 790. The summed E-state index contributed by atoms with van der Waals surface area (Å²) in [5.74, 6) is -0.144. The third-order valence-electron chi connectivity index (χ3n) is 4.18.